The van der Waals surface area contributed by atoms with Crippen LogP contribution in [-0.2, 0) is 0 Å². The normalized spacial score (nSPS) is 11.5. The van der Waals surface area contributed by atoms with E-state index in [-0.39, 0.29) is 0 Å². The van der Waals surface area contributed by atoms with Crippen LogP contribution in [0.25, 0.3) is 21.8 Å². The molecule has 3 rings (SSSR count). The van der Waals surface area contributed by atoms with Crippen molar-refractivity contribution >= 4 is 39.4 Å². The van der Waals surface area contributed by atoms with Gasteiger partial charge in [-0.05, 0) is 31.2 Å². The topological polar surface area (TPSA) is 50.2 Å². The molecule has 0 saturated carbocycles. The van der Waals surface area contributed by atoms with Crippen molar-refractivity contribution in [3.8, 4) is 0 Å². The van der Waals surface area contributed by atoms with Crippen molar-refractivity contribution in [1.29, 1.82) is 0 Å². The Labute approximate surface area is 111 Å². The van der Waals surface area contributed by atoms with Gasteiger partial charge in [0.2, 0.25) is 0 Å². The minimum atomic E-state index is 0.887. The highest BCUT2D eigenvalue weighted by atomic mass is 14.9. The summed E-state index contributed by atoms with van der Waals surface area (Å²) in [4.78, 5) is 13.4. The van der Waals surface area contributed by atoms with E-state index in [2.05, 4.69) is 20.3 Å². The minimum absolute atomic E-state index is 0.887. The number of fused-ring (bicyclic) bond motifs is 3. The van der Waals surface area contributed by atoms with Crippen LogP contribution in [0.1, 0.15) is 6.92 Å². The Hall–Kier alpha value is -2.49. The van der Waals surface area contributed by atoms with Gasteiger partial charge in [-0.15, -0.1) is 0 Å². The average Bonchev–Trinajstić information content (AvgIpc) is 2.48. The Bertz CT molecular complexity index is 778. The number of pyridine rings is 2. The first kappa shape index (κ1) is 11.6. The van der Waals surface area contributed by atoms with Crippen molar-refractivity contribution < 1.29 is 0 Å². The zero-order chi connectivity index (χ0) is 13.2. The first-order valence-corrected chi connectivity index (χ1v) is 6.18. The monoisotopic (exact) mass is 250 g/mol. The lowest BCUT2D eigenvalue weighted by Gasteiger charge is -2.12. The maximum Gasteiger partial charge on any atom is 0.0987 e. The number of aromatic nitrogens is 2. The van der Waals surface area contributed by atoms with Crippen LogP contribution >= 0.6 is 0 Å². The lowest BCUT2D eigenvalue weighted by atomic mass is 10.1. The number of aliphatic imine (C=N–C) groups is 1. The molecule has 2 heterocycles. The van der Waals surface area contributed by atoms with Crippen LogP contribution in [0.4, 0.5) is 11.4 Å². The maximum absolute atomic E-state index is 4.50. The average molecular weight is 250 g/mol. The van der Waals surface area contributed by atoms with Gasteiger partial charge in [-0.3, -0.25) is 15.0 Å². The SMILES string of the molecule is CC=Nc1c(NC)c2cccnc2c2ncccc12. The van der Waals surface area contributed by atoms with E-state index >= 15 is 0 Å². The number of nitrogens with zero attached hydrogens (tertiary/aromatic N) is 3. The van der Waals surface area contributed by atoms with Gasteiger partial charge in [-0.1, -0.05) is 0 Å². The number of benzene rings is 1. The molecule has 19 heavy (non-hydrogen) atoms. The quantitative estimate of drug-likeness (QED) is 0.559. The molecule has 0 saturated heterocycles. The van der Waals surface area contributed by atoms with E-state index in [0.717, 1.165) is 33.2 Å². The van der Waals surface area contributed by atoms with Crippen molar-refractivity contribution in [2.24, 2.45) is 4.99 Å². The van der Waals surface area contributed by atoms with Gasteiger partial charge in [-0.25, -0.2) is 0 Å². The van der Waals surface area contributed by atoms with Crippen LogP contribution in [-0.4, -0.2) is 23.2 Å². The third-order valence-electron chi connectivity index (χ3n) is 3.11. The molecule has 0 fully saturated rings. The summed E-state index contributed by atoms with van der Waals surface area (Å²) in [6, 6.07) is 7.92. The maximum atomic E-state index is 4.50. The van der Waals surface area contributed by atoms with Gasteiger partial charge in [0.15, 0.2) is 0 Å². The molecule has 0 aliphatic heterocycles. The predicted octanol–water partition coefficient (Wildman–Crippen LogP) is 3.55. The zero-order valence-electron chi connectivity index (χ0n) is 10.9. The first-order valence-electron chi connectivity index (χ1n) is 6.18. The van der Waals surface area contributed by atoms with Gasteiger partial charge in [0, 0.05) is 36.4 Å². The van der Waals surface area contributed by atoms with Gasteiger partial charge in [0.1, 0.15) is 0 Å². The fourth-order valence-electron chi connectivity index (χ4n) is 2.36. The van der Waals surface area contributed by atoms with Gasteiger partial charge in [-0.2, -0.15) is 0 Å². The highest BCUT2D eigenvalue weighted by Crippen LogP contribution is 2.39. The molecule has 0 spiro atoms. The molecule has 0 aliphatic rings. The van der Waals surface area contributed by atoms with Crippen LogP contribution in [0.3, 0.4) is 0 Å². The van der Waals surface area contributed by atoms with Gasteiger partial charge in [0.05, 0.1) is 22.4 Å². The van der Waals surface area contributed by atoms with Crippen molar-refractivity contribution in [3.63, 3.8) is 0 Å². The van der Waals surface area contributed by atoms with Crippen molar-refractivity contribution in [3.05, 3.63) is 36.7 Å². The first-order chi connectivity index (χ1) is 9.36. The van der Waals surface area contributed by atoms with Crippen LogP contribution in [0.15, 0.2) is 41.7 Å². The van der Waals surface area contributed by atoms with E-state index in [9.17, 15) is 0 Å². The Morgan fingerprint density at radius 3 is 2.32 bits per heavy atom. The molecule has 3 aromatic rings. The number of hydrogen-bond donors (Lipinski definition) is 1. The van der Waals surface area contributed by atoms with Crippen LogP contribution in [0, 0.1) is 0 Å². The summed E-state index contributed by atoms with van der Waals surface area (Å²) in [6.07, 6.45) is 5.37. The Kier molecular flexibility index (Phi) is 2.83. The van der Waals surface area contributed by atoms with E-state index in [0.29, 0.717) is 0 Å². The summed E-state index contributed by atoms with van der Waals surface area (Å²) in [6.45, 7) is 1.91. The van der Waals surface area contributed by atoms with Crippen LogP contribution in [0.2, 0.25) is 0 Å². The van der Waals surface area contributed by atoms with E-state index in [1.165, 1.54) is 0 Å². The smallest absolute Gasteiger partial charge is 0.0987 e. The molecule has 0 radical (unpaired) electrons. The van der Waals surface area contributed by atoms with E-state index in [1.807, 2.05) is 38.2 Å². The van der Waals surface area contributed by atoms with Gasteiger partial charge >= 0.3 is 0 Å². The van der Waals surface area contributed by atoms with E-state index < -0.39 is 0 Å². The second-order valence-corrected chi connectivity index (χ2v) is 4.16. The number of nitrogens with one attached hydrogen (secondary N) is 1. The Balaban J connectivity index is 2.61. The second kappa shape index (κ2) is 4.65. The fraction of sp³-hybridized carbons (Fsp3) is 0.133. The Morgan fingerprint density at radius 1 is 1.05 bits per heavy atom. The standard InChI is InChI=1S/C15H14N4/c1-3-17-13-11-7-5-9-19-15(11)14-10(12(13)16-2)6-4-8-18-14/h3-9,16H,1-2H3. The highest BCUT2D eigenvalue weighted by molar-refractivity contribution is 6.16. The third-order valence-corrected chi connectivity index (χ3v) is 3.11. The molecule has 0 unspecified atom stereocenters. The van der Waals surface area contributed by atoms with Gasteiger partial charge < -0.3 is 5.32 Å². The number of rotatable bonds is 2. The predicted molar refractivity (Wildman–Crippen MR) is 80.4 cm³/mol. The molecule has 1 N–H and O–H groups in total. The molecular weight excluding hydrogens is 236 g/mol. The fourth-order valence-corrected chi connectivity index (χ4v) is 2.36. The molecule has 4 heteroatoms. The summed E-state index contributed by atoms with van der Waals surface area (Å²) in [5, 5.41) is 5.28. The zero-order valence-corrected chi connectivity index (χ0v) is 10.9. The summed E-state index contributed by atoms with van der Waals surface area (Å²) in [5.74, 6) is 0. The van der Waals surface area contributed by atoms with Crippen molar-refractivity contribution in [2.75, 3.05) is 12.4 Å². The lowest BCUT2D eigenvalue weighted by Crippen LogP contribution is -1.94. The highest BCUT2D eigenvalue weighted by Gasteiger charge is 2.13. The summed E-state index contributed by atoms with van der Waals surface area (Å²) in [5.41, 5.74) is 3.69. The summed E-state index contributed by atoms with van der Waals surface area (Å²) in [7, 11) is 1.90. The van der Waals surface area contributed by atoms with Crippen LogP contribution < -0.4 is 5.32 Å². The molecule has 2 aromatic heterocycles. The summed E-state index contributed by atoms with van der Waals surface area (Å²) < 4.78 is 0. The summed E-state index contributed by atoms with van der Waals surface area (Å²) >= 11 is 0. The number of anilines is 1. The Morgan fingerprint density at radius 2 is 1.68 bits per heavy atom. The molecule has 0 aliphatic carbocycles. The van der Waals surface area contributed by atoms with E-state index in [1.54, 1.807) is 18.6 Å². The van der Waals surface area contributed by atoms with Gasteiger partial charge in [0.25, 0.3) is 0 Å². The van der Waals surface area contributed by atoms with Crippen LogP contribution in [0.5, 0.6) is 0 Å². The third kappa shape index (κ3) is 1.73. The molecule has 0 atom stereocenters. The van der Waals surface area contributed by atoms with Crippen molar-refractivity contribution in [1.82, 2.24) is 9.97 Å². The van der Waals surface area contributed by atoms with Crippen molar-refractivity contribution in [2.45, 2.75) is 6.92 Å². The van der Waals surface area contributed by atoms with E-state index in [4.69, 9.17) is 0 Å². The minimum Gasteiger partial charge on any atom is -0.386 e. The largest absolute Gasteiger partial charge is 0.386 e. The lowest BCUT2D eigenvalue weighted by molar-refractivity contribution is 1.36. The molecule has 0 bridgehead atoms. The molecule has 94 valence electrons. The second-order valence-electron chi connectivity index (χ2n) is 4.16. The molecule has 1 aromatic carbocycles. The number of hydrogen-bond acceptors (Lipinski definition) is 4. The molecule has 0 amide bonds. The molecule has 4 nitrogen and oxygen atoms in total. The molecular formula is C15H14N4.